The van der Waals surface area contributed by atoms with Crippen LogP contribution < -0.4 is 42.5 Å². The number of rotatable bonds is 47. The summed E-state index contributed by atoms with van der Waals surface area (Å²) in [6.45, 7) is 23.4. The minimum atomic E-state index is -0.966. The molecule has 0 radical (unpaired) electrons. The Morgan fingerprint density at radius 3 is 0.737 bits per heavy atom. The Hall–Kier alpha value is -5.68. The van der Waals surface area contributed by atoms with E-state index in [0.717, 1.165) is 0 Å². The number of hydrogen-bond acceptors (Lipinski definition) is 22. The Balaban J connectivity index is 5.60. The largest absolute Gasteiger partial charge is 0.460 e. The molecule has 0 aliphatic rings. The van der Waals surface area contributed by atoms with Crippen LogP contribution in [-0.4, -0.2) is 246 Å². The van der Waals surface area contributed by atoms with E-state index in [9.17, 15) is 58.8 Å². The minimum absolute atomic E-state index is 0.0647. The molecular formula is C50H88N10O16. The number of esters is 4. The predicted octanol–water partition coefficient (Wildman–Crippen LogP) is -4.11. The molecule has 4 unspecified atom stereocenters. The van der Waals surface area contributed by atoms with Crippen LogP contribution in [0.2, 0.25) is 0 Å². The molecule has 0 saturated heterocycles. The molecule has 26 nitrogen and oxygen atoms in total. The summed E-state index contributed by atoms with van der Waals surface area (Å²) >= 11 is 0. The molecule has 4 amide bonds. The summed E-state index contributed by atoms with van der Waals surface area (Å²) in [7, 11) is 0. The standard InChI is InChI=1S/C50H88N10O16/c1-35(2)47(69)73-31-39(61)27-51-13-17-55-43(65)9-21-59(22-10-44(66)56-18-14-52-28-40(62)32-74-48(70)36(3)4)25-26-60(23-11-45(67)57-19-15-53-29-41(63)33-75-49(71)37(5)6)24-12-46(68)58-20-16-54-30-42(64)34-76-50(72)38(7)8/h39-42,51-54,61-64H,1,3,5,7,9-34H2,2,4,6,8H3,(H,55,65)(H,56,66)(H,57,67)(H,58,68). The fraction of sp³-hybridized carbons (Fsp3) is 0.680. The second kappa shape index (κ2) is 43.4. The Kier molecular flexibility index (Phi) is 40.2. The third-order valence-electron chi connectivity index (χ3n) is 10.4. The van der Waals surface area contributed by atoms with Crippen molar-refractivity contribution >= 4 is 47.5 Å². The van der Waals surface area contributed by atoms with Crippen LogP contribution in [0.5, 0.6) is 0 Å². The van der Waals surface area contributed by atoms with Crippen LogP contribution in [-0.2, 0) is 57.3 Å². The summed E-state index contributed by atoms with van der Waals surface area (Å²) in [5, 5.41) is 63.5. The average molecular weight is 1090 g/mol. The van der Waals surface area contributed by atoms with Gasteiger partial charge in [0.05, 0.1) is 0 Å². The molecule has 0 fully saturated rings. The van der Waals surface area contributed by atoms with Gasteiger partial charge in [-0.3, -0.25) is 19.2 Å². The lowest BCUT2D eigenvalue weighted by Gasteiger charge is -2.27. The van der Waals surface area contributed by atoms with E-state index in [1.165, 1.54) is 27.7 Å². The number of hydrogen-bond donors (Lipinski definition) is 12. The van der Waals surface area contributed by atoms with E-state index in [-0.39, 0.29) is 177 Å². The van der Waals surface area contributed by atoms with Gasteiger partial charge in [-0.2, -0.15) is 0 Å². The lowest BCUT2D eigenvalue weighted by atomic mass is 10.2. The number of aliphatic hydroxyl groups is 4. The molecule has 0 bridgehead atoms. The van der Waals surface area contributed by atoms with E-state index in [1.807, 2.05) is 9.80 Å². The third kappa shape index (κ3) is 40.6. The highest BCUT2D eigenvalue weighted by atomic mass is 16.6. The van der Waals surface area contributed by atoms with Crippen molar-refractivity contribution in [3.8, 4) is 0 Å². The number of nitrogens with zero attached hydrogens (tertiary/aromatic N) is 2. The van der Waals surface area contributed by atoms with E-state index in [2.05, 4.69) is 68.9 Å². The van der Waals surface area contributed by atoms with Crippen LogP contribution >= 0.6 is 0 Å². The topological polar surface area (TPSA) is 357 Å². The highest BCUT2D eigenvalue weighted by Crippen LogP contribution is 2.02. The van der Waals surface area contributed by atoms with Crippen LogP contribution in [0.15, 0.2) is 48.6 Å². The van der Waals surface area contributed by atoms with E-state index in [4.69, 9.17) is 18.9 Å². The van der Waals surface area contributed by atoms with Gasteiger partial charge in [0, 0.05) is 166 Å². The second-order valence-corrected chi connectivity index (χ2v) is 18.0. The van der Waals surface area contributed by atoms with Crippen molar-refractivity contribution in [1.82, 2.24) is 52.3 Å². The molecular weight excluding hydrogens is 997 g/mol. The molecule has 0 aromatic rings. The van der Waals surface area contributed by atoms with E-state index in [0.29, 0.717) is 39.3 Å². The van der Waals surface area contributed by atoms with Crippen molar-refractivity contribution in [1.29, 1.82) is 0 Å². The van der Waals surface area contributed by atoms with Crippen molar-refractivity contribution in [2.24, 2.45) is 0 Å². The first kappa shape index (κ1) is 70.3. The monoisotopic (exact) mass is 1080 g/mol. The highest BCUT2D eigenvalue weighted by molar-refractivity contribution is 5.88. The molecule has 0 aliphatic heterocycles. The minimum Gasteiger partial charge on any atom is -0.460 e. The van der Waals surface area contributed by atoms with Gasteiger partial charge in [-0.15, -0.1) is 0 Å². The normalized spacial score (nSPS) is 12.6. The first-order chi connectivity index (χ1) is 36.0. The molecule has 12 N–H and O–H groups in total. The van der Waals surface area contributed by atoms with Gasteiger partial charge in [-0.25, -0.2) is 19.2 Å². The molecule has 0 saturated carbocycles. The summed E-state index contributed by atoms with van der Waals surface area (Å²) in [5.41, 5.74) is 0.840. The van der Waals surface area contributed by atoms with Gasteiger partial charge >= 0.3 is 23.9 Å². The fourth-order valence-electron chi connectivity index (χ4n) is 6.00. The van der Waals surface area contributed by atoms with Gasteiger partial charge in [0.25, 0.3) is 0 Å². The van der Waals surface area contributed by atoms with Crippen LogP contribution in [0.3, 0.4) is 0 Å². The first-order valence-corrected chi connectivity index (χ1v) is 25.4. The molecule has 26 heteroatoms. The lowest BCUT2D eigenvalue weighted by molar-refractivity contribution is -0.142. The smallest absolute Gasteiger partial charge is 0.333 e. The number of carbonyl (C=O) groups is 8. The van der Waals surface area contributed by atoms with Crippen molar-refractivity contribution in [2.45, 2.75) is 77.8 Å². The molecule has 76 heavy (non-hydrogen) atoms. The summed E-state index contributed by atoms with van der Waals surface area (Å²) in [5.74, 6) is -3.54. The SMILES string of the molecule is C=C(C)C(=O)OCC(O)CNCCNC(=O)CCN(CCC(=O)NCCNCC(O)COC(=O)C(=C)C)CCN(CCC(=O)NCCNCC(O)COC(=O)C(=C)C)CCC(=O)NCCNCC(O)COC(=O)C(=C)C. The number of carbonyl (C=O) groups excluding carboxylic acids is 8. The van der Waals surface area contributed by atoms with Crippen LogP contribution in [0, 0.1) is 0 Å². The maximum atomic E-state index is 13.0. The summed E-state index contributed by atoms with van der Waals surface area (Å²) < 4.78 is 19.8. The predicted molar refractivity (Wildman–Crippen MR) is 282 cm³/mol. The molecule has 0 aliphatic carbocycles. The zero-order valence-corrected chi connectivity index (χ0v) is 45.1. The number of aliphatic hydroxyl groups excluding tert-OH is 4. The van der Waals surface area contributed by atoms with Gasteiger partial charge in [-0.1, -0.05) is 26.3 Å². The fourth-order valence-corrected chi connectivity index (χ4v) is 6.00. The Morgan fingerprint density at radius 2 is 0.553 bits per heavy atom. The highest BCUT2D eigenvalue weighted by Gasteiger charge is 2.18. The molecule has 0 rings (SSSR count). The van der Waals surface area contributed by atoms with Crippen molar-refractivity contribution in [2.75, 3.05) is 144 Å². The zero-order chi connectivity index (χ0) is 57.3. The van der Waals surface area contributed by atoms with Gasteiger partial charge in [0.2, 0.25) is 23.6 Å². The van der Waals surface area contributed by atoms with Crippen LogP contribution in [0.25, 0.3) is 0 Å². The van der Waals surface area contributed by atoms with Gasteiger partial charge in [-0.05, 0) is 27.7 Å². The molecule has 0 aromatic carbocycles. The van der Waals surface area contributed by atoms with Gasteiger partial charge in [0.15, 0.2) is 0 Å². The molecule has 434 valence electrons. The molecule has 4 atom stereocenters. The summed E-state index contributed by atoms with van der Waals surface area (Å²) in [6, 6.07) is 0. The Labute approximate surface area is 447 Å². The second-order valence-electron chi connectivity index (χ2n) is 18.0. The Bertz CT molecular complexity index is 1590. The maximum Gasteiger partial charge on any atom is 0.333 e. The van der Waals surface area contributed by atoms with Crippen molar-refractivity contribution in [3.05, 3.63) is 48.6 Å². The third-order valence-corrected chi connectivity index (χ3v) is 10.4. The van der Waals surface area contributed by atoms with E-state index in [1.54, 1.807) is 0 Å². The van der Waals surface area contributed by atoms with E-state index >= 15 is 0 Å². The number of ether oxygens (including phenoxy) is 4. The van der Waals surface area contributed by atoms with Crippen LogP contribution in [0.4, 0.5) is 0 Å². The van der Waals surface area contributed by atoms with Crippen molar-refractivity contribution in [3.63, 3.8) is 0 Å². The van der Waals surface area contributed by atoms with Gasteiger partial charge in [0.1, 0.15) is 50.8 Å². The Morgan fingerprint density at radius 1 is 0.355 bits per heavy atom. The molecule has 0 spiro atoms. The molecule has 0 heterocycles. The van der Waals surface area contributed by atoms with Crippen molar-refractivity contribution < 1.29 is 77.7 Å². The lowest BCUT2D eigenvalue weighted by Crippen LogP contribution is -2.43. The first-order valence-electron chi connectivity index (χ1n) is 25.4. The number of nitrogens with one attached hydrogen (secondary N) is 8. The van der Waals surface area contributed by atoms with E-state index < -0.39 is 48.3 Å². The summed E-state index contributed by atoms with van der Waals surface area (Å²) in [6.07, 6.45) is -3.61. The van der Waals surface area contributed by atoms with Crippen LogP contribution in [0.1, 0.15) is 53.4 Å². The quantitative estimate of drug-likeness (QED) is 0.0119. The summed E-state index contributed by atoms with van der Waals surface area (Å²) in [4.78, 5) is 102. The number of amides is 4. The van der Waals surface area contributed by atoms with Gasteiger partial charge < -0.3 is 91.7 Å². The molecule has 0 aromatic heterocycles. The average Bonchev–Trinajstić information content (AvgIpc) is 3.37. The zero-order valence-electron chi connectivity index (χ0n) is 45.1. The maximum absolute atomic E-state index is 13.0.